The van der Waals surface area contributed by atoms with Gasteiger partial charge in [0, 0.05) is 17.7 Å². The summed E-state index contributed by atoms with van der Waals surface area (Å²) in [6, 6.07) is 10.6. The summed E-state index contributed by atoms with van der Waals surface area (Å²) in [5.41, 5.74) is 8.56. The van der Waals surface area contributed by atoms with Gasteiger partial charge in [0.1, 0.15) is 0 Å². The quantitative estimate of drug-likeness (QED) is 0.677. The zero-order valence-electron chi connectivity index (χ0n) is 10.4. The summed E-state index contributed by atoms with van der Waals surface area (Å²) in [6.07, 6.45) is 0.212. The number of hydrogen-bond acceptors (Lipinski definition) is 2. The lowest BCUT2D eigenvalue weighted by atomic mass is 9.98. The first-order chi connectivity index (χ1) is 9.00. The molecule has 2 N–H and O–H groups in total. The van der Waals surface area contributed by atoms with Crippen LogP contribution in [0.5, 0.6) is 0 Å². The molecule has 98 valence electrons. The predicted octanol–water partition coefficient (Wildman–Crippen LogP) is 4.31. The van der Waals surface area contributed by atoms with Crippen molar-refractivity contribution in [1.82, 2.24) is 0 Å². The van der Waals surface area contributed by atoms with Gasteiger partial charge in [0.05, 0.1) is 10.0 Å². The standard InChI is InChI=1S/C15H13Cl2NO/c1-9-11(5-3-7-13(9)18)14(19)8-10-4-2-6-12(16)15(10)17/h2-7H,8,18H2,1H3. The van der Waals surface area contributed by atoms with Crippen LogP contribution in [-0.4, -0.2) is 5.78 Å². The number of anilines is 1. The number of halogens is 2. The molecule has 2 rings (SSSR count). The first-order valence-corrected chi connectivity index (χ1v) is 6.57. The molecule has 4 heteroatoms. The van der Waals surface area contributed by atoms with Gasteiger partial charge >= 0.3 is 0 Å². The maximum Gasteiger partial charge on any atom is 0.167 e. The van der Waals surface area contributed by atoms with Gasteiger partial charge in [0.25, 0.3) is 0 Å². The second kappa shape index (κ2) is 5.64. The molecule has 19 heavy (non-hydrogen) atoms. The van der Waals surface area contributed by atoms with E-state index in [1.54, 1.807) is 36.4 Å². The van der Waals surface area contributed by atoms with Gasteiger partial charge < -0.3 is 5.73 Å². The number of benzene rings is 2. The Bertz CT molecular complexity index is 638. The molecule has 0 saturated carbocycles. The maximum atomic E-state index is 12.3. The minimum absolute atomic E-state index is 0.0195. The second-order valence-corrected chi connectivity index (χ2v) is 5.12. The highest BCUT2D eigenvalue weighted by Crippen LogP contribution is 2.27. The lowest BCUT2D eigenvalue weighted by Gasteiger charge is -2.09. The van der Waals surface area contributed by atoms with Crippen molar-refractivity contribution in [1.29, 1.82) is 0 Å². The molecule has 0 atom stereocenters. The van der Waals surface area contributed by atoms with Gasteiger partial charge in [0.15, 0.2) is 5.78 Å². The van der Waals surface area contributed by atoms with Crippen molar-refractivity contribution in [3.8, 4) is 0 Å². The average Bonchev–Trinajstić information content (AvgIpc) is 2.38. The highest BCUT2D eigenvalue weighted by atomic mass is 35.5. The Morgan fingerprint density at radius 2 is 1.84 bits per heavy atom. The minimum Gasteiger partial charge on any atom is -0.398 e. The molecule has 0 aliphatic rings. The van der Waals surface area contributed by atoms with Gasteiger partial charge in [0.2, 0.25) is 0 Å². The van der Waals surface area contributed by atoms with Gasteiger partial charge in [-0.2, -0.15) is 0 Å². The lowest BCUT2D eigenvalue weighted by molar-refractivity contribution is 0.0992. The van der Waals surface area contributed by atoms with Crippen LogP contribution in [0.15, 0.2) is 36.4 Å². The Hall–Kier alpha value is -1.51. The van der Waals surface area contributed by atoms with E-state index in [-0.39, 0.29) is 12.2 Å². The van der Waals surface area contributed by atoms with E-state index in [1.807, 2.05) is 6.92 Å². The lowest BCUT2D eigenvalue weighted by Crippen LogP contribution is -2.07. The molecule has 0 aliphatic carbocycles. The van der Waals surface area contributed by atoms with Crippen LogP contribution in [0.25, 0.3) is 0 Å². The normalized spacial score (nSPS) is 10.5. The van der Waals surface area contributed by atoms with Crippen molar-refractivity contribution in [3.05, 3.63) is 63.1 Å². The molecule has 0 fully saturated rings. The molecule has 0 aliphatic heterocycles. The third kappa shape index (κ3) is 2.91. The van der Waals surface area contributed by atoms with E-state index >= 15 is 0 Å². The maximum absolute atomic E-state index is 12.3. The van der Waals surface area contributed by atoms with Crippen LogP contribution < -0.4 is 5.73 Å². The largest absolute Gasteiger partial charge is 0.398 e. The molecular weight excluding hydrogens is 281 g/mol. The summed E-state index contributed by atoms with van der Waals surface area (Å²) in [6.45, 7) is 1.84. The number of carbonyl (C=O) groups excluding carboxylic acids is 1. The number of nitrogens with two attached hydrogens (primary N) is 1. The highest BCUT2D eigenvalue weighted by Gasteiger charge is 2.14. The molecule has 0 spiro atoms. The molecular formula is C15H13Cl2NO. The molecule has 2 nitrogen and oxygen atoms in total. The molecule has 0 aromatic heterocycles. The molecule has 0 unspecified atom stereocenters. The Labute approximate surface area is 122 Å². The Morgan fingerprint density at radius 3 is 2.58 bits per heavy atom. The Balaban J connectivity index is 2.31. The Morgan fingerprint density at radius 1 is 1.16 bits per heavy atom. The molecule has 2 aromatic carbocycles. The van der Waals surface area contributed by atoms with E-state index in [0.717, 1.165) is 11.1 Å². The monoisotopic (exact) mass is 293 g/mol. The van der Waals surface area contributed by atoms with E-state index in [4.69, 9.17) is 28.9 Å². The highest BCUT2D eigenvalue weighted by molar-refractivity contribution is 6.42. The Kier molecular flexibility index (Phi) is 4.13. The van der Waals surface area contributed by atoms with E-state index in [1.165, 1.54) is 0 Å². The van der Waals surface area contributed by atoms with Gasteiger partial charge in [-0.3, -0.25) is 4.79 Å². The summed E-state index contributed by atoms with van der Waals surface area (Å²) >= 11 is 12.0. The molecule has 0 saturated heterocycles. The van der Waals surface area contributed by atoms with Crippen LogP contribution in [-0.2, 0) is 6.42 Å². The van der Waals surface area contributed by atoms with Gasteiger partial charge in [-0.05, 0) is 30.2 Å². The first-order valence-electron chi connectivity index (χ1n) is 5.82. The van der Waals surface area contributed by atoms with Crippen LogP contribution in [0.3, 0.4) is 0 Å². The van der Waals surface area contributed by atoms with Crippen LogP contribution >= 0.6 is 23.2 Å². The van der Waals surface area contributed by atoms with Crippen LogP contribution in [0.4, 0.5) is 5.69 Å². The minimum atomic E-state index is -0.0195. The van der Waals surface area contributed by atoms with Crippen molar-refractivity contribution in [2.24, 2.45) is 0 Å². The number of ketones is 1. The third-order valence-corrected chi connectivity index (χ3v) is 3.92. The molecule has 2 aromatic rings. The smallest absolute Gasteiger partial charge is 0.167 e. The van der Waals surface area contributed by atoms with Crippen molar-refractivity contribution in [3.63, 3.8) is 0 Å². The molecule has 0 radical (unpaired) electrons. The van der Waals surface area contributed by atoms with Crippen molar-refractivity contribution in [2.45, 2.75) is 13.3 Å². The van der Waals surface area contributed by atoms with E-state index < -0.39 is 0 Å². The molecule has 0 bridgehead atoms. The van der Waals surface area contributed by atoms with Crippen LogP contribution in [0, 0.1) is 6.92 Å². The summed E-state index contributed by atoms with van der Waals surface area (Å²) in [4.78, 5) is 12.3. The number of rotatable bonds is 3. The third-order valence-electron chi connectivity index (χ3n) is 3.06. The number of nitrogen functional groups attached to an aromatic ring is 1. The number of carbonyl (C=O) groups is 1. The van der Waals surface area contributed by atoms with Crippen LogP contribution in [0.1, 0.15) is 21.5 Å². The average molecular weight is 294 g/mol. The van der Waals surface area contributed by atoms with Gasteiger partial charge in [-0.15, -0.1) is 0 Å². The first kappa shape index (κ1) is 13.9. The SMILES string of the molecule is Cc1c(N)cccc1C(=O)Cc1cccc(Cl)c1Cl. The van der Waals surface area contributed by atoms with E-state index in [2.05, 4.69) is 0 Å². The summed E-state index contributed by atoms with van der Waals surface area (Å²) in [5, 5.41) is 0.885. The fourth-order valence-corrected chi connectivity index (χ4v) is 2.30. The zero-order chi connectivity index (χ0) is 14.0. The summed E-state index contributed by atoms with van der Waals surface area (Å²) in [5.74, 6) is -0.0195. The van der Waals surface area contributed by atoms with Crippen molar-refractivity contribution in [2.75, 3.05) is 5.73 Å². The van der Waals surface area contributed by atoms with Gasteiger partial charge in [-0.25, -0.2) is 0 Å². The molecule has 0 amide bonds. The molecule has 0 heterocycles. The van der Waals surface area contributed by atoms with E-state index in [9.17, 15) is 4.79 Å². The van der Waals surface area contributed by atoms with E-state index in [0.29, 0.717) is 21.3 Å². The van der Waals surface area contributed by atoms with Crippen molar-refractivity contribution < 1.29 is 4.79 Å². The fourth-order valence-electron chi connectivity index (χ4n) is 1.91. The fraction of sp³-hybridized carbons (Fsp3) is 0.133. The number of Topliss-reactive ketones (excluding diaryl/α,β-unsaturated/α-hetero) is 1. The zero-order valence-corrected chi connectivity index (χ0v) is 11.9. The predicted molar refractivity (Wildman–Crippen MR) is 80.1 cm³/mol. The second-order valence-electron chi connectivity index (χ2n) is 4.33. The summed E-state index contributed by atoms with van der Waals surface area (Å²) in [7, 11) is 0. The van der Waals surface area contributed by atoms with Crippen molar-refractivity contribution >= 4 is 34.7 Å². The van der Waals surface area contributed by atoms with Gasteiger partial charge in [-0.1, -0.05) is 47.5 Å². The topological polar surface area (TPSA) is 43.1 Å². The number of hydrogen-bond donors (Lipinski definition) is 1. The summed E-state index contributed by atoms with van der Waals surface area (Å²) < 4.78 is 0. The van der Waals surface area contributed by atoms with Crippen LogP contribution in [0.2, 0.25) is 10.0 Å².